The number of nitrogens with one attached hydrogen (secondary N) is 1. The number of rotatable bonds is 2. The van der Waals surface area contributed by atoms with Gasteiger partial charge in [-0.05, 0) is 30.9 Å². The summed E-state index contributed by atoms with van der Waals surface area (Å²) < 4.78 is 0. The molecule has 0 bridgehead atoms. The van der Waals surface area contributed by atoms with Gasteiger partial charge in [-0.15, -0.1) is 0 Å². The summed E-state index contributed by atoms with van der Waals surface area (Å²) >= 11 is 0. The average Bonchev–Trinajstić information content (AvgIpc) is 2.55. The van der Waals surface area contributed by atoms with Gasteiger partial charge in [0.15, 0.2) is 0 Å². The summed E-state index contributed by atoms with van der Waals surface area (Å²) in [7, 11) is 0. The molecule has 1 amide bonds. The molecule has 2 unspecified atom stereocenters. The fraction of sp³-hybridized carbons (Fsp3) is 0.533. The van der Waals surface area contributed by atoms with Gasteiger partial charge in [0.1, 0.15) is 5.75 Å². The third kappa shape index (κ3) is 3.03. The Morgan fingerprint density at radius 3 is 2.72 bits per heavy atom. The van der Waals surface area contributed by atoms with Crippen LogP contribution in [-0.2, 0) is 0 Å². The summed E-state index contributed by atoms with van der Waals surface area (Å²) in [5, 5.41) is 12.7. The first-order valence-corrected chi connectivity index (χ1v) is 6.77. The maximum Gasteiger partial charge on any atom is 0.255 e. The first kappa shape index (κ1) is 12.9. The van der Waals surface area contributed by atoms with Gasteiger partial charge in [0.05, 0.1) is 5.56 Å². The number of para-hydroxylation sites is 1. The first-order valence-electron chi connectivity index (χ1n) is 6.77. The van der Waals surface area contributed by atoms with Crippen molar-refractivity contribution < 1.29 is 9.90 Å². The highest BCUT2D eigenvalue weighted by molar-refractivity contribution is 5.96. The SMILES string of the molecule is CC1CCCCCC1NC(=O)c1ccccc1O. The Bertz CT molecular complexity index is 417. The van der Waals surface area contributed by atoms with Crippen LogP contribution in [0.2, 0.25) is 0 Å². The third-order valence-electron chi connectivity index (χ3n) is 3.83. The van der Waals surface area contributed by atoms with E-state index in [1.807, 2.05) is 0 Å². The zero-order chi connectivity index (χ0) is 13.0. The number of hydrogen-bond acceptors (Lipinski definition) is 2. The molecule has 1 aliphatic rings. The van der Waals surface area contributed by atoms with Crippen LogP contribution in [-0.4, -0.2) is 17.1 Å². The molecule has 0 aliphatic heterocycles. The normalized spacial score (nSPS) is 24.3. The van der Waals surface area contributed by atoms with E-state index in [1.165, 1.54) is 25.7 Å². The highest BCUT2D eigenvalue weighted by atomic mass is 16.3. The molecular formula is C15H21NO2. The number of hydrogen-bond donors (Lipinski definition) is 2. The van der Waals surface area contributed by atoms with Gasteiger partial charge in [-0.3, -0.25) is 4.79 Å². The molecule has 2 rings (SSSR count). The van der Waals surface area contributed by atoms with E-state index in [9.17, 15) is 9.90 Å². The van der Waals surface area contributed by atoms with Gasteiger partial charge in [0.2, 0.25) is 0 Å². The summed E-state index contributed by atoms with van der Waals surface area (Å²) in [5.74, 6) is 0.408. The van der Waals surface area contributed by atoms with Gasteiger partial charge < -0.3 is 10.4 Å². The molecule has 0 saturated heterocycles. The maximum absolute atomic E-state index is 12.1. The molecule has 0 heterocycles. The van der Waals surface area contributed by atoms with Crippen LogP contribution < -0.4 is 5.32 Å². The summed E-state index contributed by atoms with van der Waals surface area (Å²) in [6, 6.07) is 6.93. The molecule has 18 heavy (non-hydrogen) atoms. The van der Waals surface area contributed by atoms with Gasteiger partial charge in [-0.25, -0.2) is 0 Å². The number of carbonyl (C=O) groups is 1. The molecule has 2 N–H and O–H groups in total. The van der Waals surface area contributed by atoms with Crippen molar-refractivity contribution in [2.24, 2.45) is 5.92 Å². The van der Waals surface area contributed by atoms with E-state index in [4.69, 9.17) is 0 Å². The van der Waals surface area contributed by atoms with Crippen LogP contribution in [0.15, 0.2) is 24.3 Å². The smallest absolute Gasteiger partial charge is 0.255 e. The molecule has 1 aromatic carbocycles. The molecule has 98 valence electrons. The minimum Gasteiger partial charge on any atom is -0.507 e. The van der Waals surface area contributed by atoms with Crippen molar-refractivity contribution in [3.63, 3.8) is 0 Å². The van der Waals surface area contributed by atoms with Gasteiger partial charge >= 0.3 is 0 Å². The van der Waals surface area contributed by atoms with E-state index >= 15 is 0 Å². The van der Waals surface area contributed by atoms with E-state index < -0.39 is 0 Å². The Hall–Kier alpha value is -1.51. The quantitative estimate of drug-likeness (QED) is 0.789. The van der Waals surface area contributed by atoms with Crippen molar-refractivity contribution in [1.29, 1.82) is 0 Å². The Labute approximate surface area is 108 Å². The van der Waals surface area contributed by atoms with Crippen molar-refractivity contribution in [3.05, 3.63) is 29.8 Å². The standard InChI is InChI=1S/C15H21NO2/c1-11-7-3-2-4-9-13(11)16-15(18)12-8-5-6-10-14(12)17/h5-6,8,10-11,13,17H,2-4,7,9H2,1H3,(H,16,18). The predicted molar refractivity (Wildman–Crippen MR) is 71.6 cm³/mol. The van der Waals surface area contributed by atoms with Crippen molar-refractivity contribution in [2.75, 3.05) is 0 Å². The Balaban J connectivity index is 2.04. The van der Waals surface area contributed by atoms with Gasteiger partial charge in [0, 0.05) is 6.04 Å². The minimum absolute atomic E-state index is 0.0521. The number of aromatic hydroxyl groups is 1. The van der Waals surface area contributed by atoms with E-state index in [0.29, 0.717) is 11.5 Å². The summed E-state index contributed by atoms with van der Waals surface area (Å²) in [6.45, 7) is 2.20. The molecule has 1 fully saturated rings. The lowest BCUT2D eigenvalue weighted by atomic mass is 9.96. The number of phenolic OH excluding ortho intramolecular Hbond substituents is 1. The largest absolute Gasteiger partial charge is 0.507 e. The lowest BCUT2D eigenvalue weighted by Crippen LogP contribution is -2.38. The van der Waals surface area contributed by atoms with Crippen LogP contribution in [0.1, 0.15) is 49.4 Å². The van der Waals surface area contributed by atoms with Crippen LogP contribution >= 0.6 is 0 Å². The number of phenols is 1. The highest BCUT2D eigenvalue weighted by Gasteiger charge is 2.22. The molecule has 0 spiro atoms. The van der Waals surface area contributed by atoms with Gasteiger partial charge in [-0.1, -0.05) is 38.3 Å². The summed E-state index contributed by atoms with van der Waals surface area (Å²) in [5.41, 5.74) is 0.369. The van der Waals surface area contributed by atoms with E-state index in [1.54, 1.807) is 24.3 Å². The molecule has 1 saturated carbocycles. The molecule has 0 radical (unpaired) electrons. The fourth-order valence-electron chi connectivity index (χ4n) is 2.62. The summed E-state index contributed by atoms with van der Waals surface area (Å²) in [6.07, 6.45) is 5.90. The molecule has 3 heteroatoms. The predicted octanol–water partition coefficient (Wildman–Crippen LogP) is 3.09. The van der Waals surface area contributed by atoms with Gasteiger partial charge in [0.25, 0.3) is 5.91 Å². The molecule has 1 aliphatic carbocycles. The molecule has 1 aromatic rings. The Morgan fingerprint density at radius 2 is 1.94 bits per heavy atom. The Kier molecular flexibility index (Phi) is 4.24. The average molecular weight is 247 g/mol. The number of benzene rings is 1. The van der Waals surface area contributed by atoms with Crippen LogP contribution in [0.25, 0.3) is 0 Å². The number of carbonyl (C=O) groups excluding carboxylic acids is 1. The van der Waals surface area contributed by atoms with E-state index in [0.717, 1.165) is 6.42 Å². The second kappa shape index (κ2) is 5.89. The van der Waals surface area contributed by atoms with E-state index in [-0.39, 0.29) is 17.7 Å². The Morgan fingerprint density at radius 1 is 1.22 bits per heavy atom. The van der Waals surface area contributed by atoms with Crippen molar-refractivity contribution in [3.8, 4) is 5.75 Å². The summed E-state index contributed by atoms with van der Waals surface area (Å²) in [4.78, 5) is 12.1. The monoisotopic (exact) mass is 247 g/mol. The van der Waals surface area contributed by atoms with Crippen LogP contribution in [0.5, 0.6) is 5.75 Å². The van der Waals surface area contributed by atoms with Gasteiger partial charge in [-0.2, -0.15) is 0 Å². The number of amides is 1. The molecule has 2 atom stereocenters. The zero-order valence-corrected chi connectivity index (χ0v) is 10.9. The fourth-order valence-corrected chi connectivity index (χ4v) is 2.62. The second-order valence-corrected chi connectivity index (χ2v) is 5.21. The molecule has 0 aromatic heterocycles. The van der Waals surface area contributed by atoms with Crippen molar-refractivity contribution >= 4 is 5.91 Å². The topological polar surface area (TPSA) is 49.3 Å². The van der Waals surface area contributed by atoms with Crippen LogP contribution in [0.4, 0.5) is 0 Å². The zero-order valence-electron chi connectivity index (χ0n) is 10.9. The highest BCUT2D eigenvalue weighted by Crippen LogP contribution is 2.24. The van der Waals surface area contributed by atoms with Crippen molar-refractivity contribution in [1.82, 2.24) is 5.32 Å². The second-order valence-electron chi connectivity index (χ2n) is 5.21. The van der Waals surface area contributed by atoms with Crippen molar-refractivity contribution in [2.45, 2.75) is 45.1 Å². The van der Waals surface area contributed by atoms with Crippen LogP contribution in [0.3, 0.4) is 0 Å². The third-order valence-corrected chi connectivity index (χ3v) is 3.83. The lowest BCUT2D eigenvalue weighted by Gasteiger charge is -2.23. The van der Waals surface area contributed by atoms with Crippen LogP contribution in [0, 0.1) is 5.92 Å². The minimum atomic E-state index is -0.160. The molecule has 3 nitrogen and oxygen atoms in total. The van der Waals surface area contributed by atoms with E-state index in [2.05, 4.69) is 12.2 Å². The maximum atomic E-state index is 12.1. The molecular weight excluding hydrogens is 226 g/mol. The lowest BCUT2D eigenvalue weighted by molar-refractivity contribution is 0.0919. The first-order chi connectivity index (χ1) is 8.68.